The Morgan fingerprint density at radius 3 is 3.18 bits per heavy atom. The van der Waals surface area contributed by atoms with Gasteiger partial charge in [-0.15, -0.1) is 0 Å². The van der Waals surface area contributed by atoms with Crippen LogP contribution in [0.1, 0.15) is 6.42 Å². The molecule has 0 aliphatic heterocycles. The molecule has 0 amide bonds. The molecule has 0 fully saturated rings. The van der Waals surface area contributed by atoms with Gasteiger partial charge in [-0.05, 0) is 24.1 Å². The van der Waals surface area contributed by atoms with E-state index in [-0.39, 0.29) is 0 Å². The minimum atomic E-state index is 0.310. The maximum Gasteiger partial charge on any atom is 0.112 e. The van der Waals surface area contributed by atoms with Crippen molar-refractivity contribution in [3.05, 3.63) is 35.6 Å². The highest BCUT2D eigenvalue weighted by atomic mass is 16.3. The molecule has 0 atom stereocenters. The molecule has 0 aromatic rings. The summed E-state index contributed by atoms with van der Waals surface area (Å²) in [6.45, 7) is 0. The van der Waals surface area contributed by atoms with E-state index in [9.17, 15) is 0 Å². The summed E-state index contributed by atoms with van der Waals surface area (Å²) < 4.78 is 0. The Morgan fingerprint density at radius 2 is 2.45 bits per heavy atom. The second-order valence-electron chi connectivity index (χ2n) is 2.30. The number of hydrogen-bond donors (Lipinski definition) is 1. The summed E-state index contributed by atoms with van der Waals surface area (Å²) in [4.78, 5) is 3.85. The maximum absolute atomic E-state index is 9.17. The highest BCUT2D eigenvalue weighted by Gasteiger charge is 1.93. The fraction of sp³-hybridized carbons (Fsp3) is 0.222. The fourth-order valence-electron chi connectivity index (χ4n) is 0.900. The van der Waals surface area contributed by atoms with Gasteiger partial charge < -0.3 is 5.11 Å². The van der Waals surface area contributed by atoms with Crippen LogP contribution < -0.4 is 0 Å². The van der Waals surface area contributed by atoms with E-state index in [0.29, 0.717) is 5.76 Å². The van der Waals surface area contributed by atoms with E-state index in [1.165, 1.54) is 0 Å². The molecular weight excluding hydrogens is 138 g/mol. The lowest BCUT2D eigenvalue weighted by Crippen LogP contribution is -1.80. The van der Waals surface area contributed by atoms with Crippen molar-refractivity contribution in [3.63, 3.8) is 0 Å². The number of aliphatic hydroxyl groups excluding tert-OH is 1. The number of rotatable bonds is 1. The van der Waals surface area contributed by atoms with Crippen molar-refractivity contribution in [2.75, 3.05) is 7.05 Å². The van der Waals surface area contributed by atoms with Gasteiger partial charge in [0.25, 0.3) is 0 Å². The Balaban J connectivity index is 2.84. The molecule has 1 rings (SSSR count). The van der Waals surface area contributed by atoms with Crippen molar-refractivity contribution >= 4 is 6.21 Å². The van der Waals surface area contributed by atoms with Gasteiger partial charge in [0.1, 0.15) is 5.76 Å². The second kappa shape index (κ2) is 3.76. The molecule has 58 valence electrons. The third-order valence-corrected chi connectivity index (χ3v) is 1.37. The van der Waals surface area contributed by atoms with E-state index >= 15 is 0 Å². The largest absolute Gasteiger partial charge is 0.508 e. The van der Waals surface area contributed by atoms with Gasteiger partial charge in [0.2, 0.25) is 0 Å². The van der Waals surface area contributed by atoms with Crippen LogP contribution in [0.15, 0.2) is 40.6 Å². The van der Waals surface area contributed by atoms with Gasteiger partial charge in [0.05, 0.1) is 0 Å². The predicted octanol–water partition coefficient (Wildman–Crippen LogP) is 2.02. The van der Waals surface area contributed by atoms with E-state index < -0.39 is 0 Å². The van der Waals surface area contributed by atoms with Crippen molar-refractivity contribution in [2.45, 2.75) is 6.42 Å². The zero-order valence-corrected chi connectivity index (χ0v) is 6.49. The fourth-order valence-corrected chi connectivity index (χ4v) is 0.900. The molecule has 1 aliphatic carbocycles. The van der Waals surface area contributed by atoms with Crippen molar-refractivity contribution in [2.24, 2.45) is 4.99 Å². The van der Waals surface area contributed by atoms with Crippen molar-refractivity contribution in [1.29, 1.82) is 0 Å². The summed E-state index contributed by atoms with van der Waals surface area (Å²) in [6.07, 6.45) is 9.86. The van der Waals surface area contributed by atoms with Crippen LogP contribution in [0.2, 0.25) is 0 Å². The molecule has 2 nitrogen and oxygen atoms in total. The summed E-state index contributed by atoms with van der Waals surface area (Å²) in [5.74, 6) is 0.310. The molecule has 1 aliphatic rings. The Morgan fingerprint density at radius 1 is 1.64 bits per heavy atom. The Labute approximate surface area is 66.3 Å². The van der Waals surface area contributed by atoms with Crippen molar-refractivity contribution < 1.29 is 5.11 Å². The van der Waals surface area contributed by atoms with E-state index in [4.69, 9.17) is 5.11 Å². The van der Waals surface area contributed by atoms with Crippen LogP contribution in [-0.4, -0.2) is 18.4 Å². The molecular formula is C9H11NO. The van der Waals surface area contributed by atoms with Crippen LogP contribution in [0.25, 0.3) is 0 Å². The first-order valence-corrected chi connectivity index (χ1v) is 3.52. The zero-order valence-electron chi connectivity index (χ0n) is 6.49. The van der Waals surface area contributed by atoms with Gasteiger partial charge >= 0.3 is 0 Å². The zero-order chi connectivity index (χ0) is 8.10. The molecule has 0 heterocycles. The summed E-state index contributed by atoms with van der Waals surface area (Å²) in [6, 6.07) is 0. The number of aliphatic hydroxyl groups is 1. The Bertz CT molecular complexity index is 246. The molecule has 0 aromatic heterocycles. The first-order chi connectivity index (χ1) is 5.33. The summed E-state index contributed by atoms with van der Waals surface area (Å²) in [7, 11) is 1.71. The lowest BCUT2D eigenvalue weighted by molar-refractivity contribution is 0.430. The van der Waals surface area contributed by atoms with Crippen molar-refractivity contribution in [1.82, 2.24) is 0 Å². The minimum absolute atomic E-state index is 0.310. The smallest absolute Gasteiger partial charge is 0.112 e. The molecule has 0 saturated heterocycles. The third-order valence-electron chi connectivity index (χ3n) is 1.37. The molecule has 1 N–H and O–H groups in total. The summed E-state index contributed by atoms with van der Waals surface area (Å²) >= 11 is 0. The van der Waals surface area contributed by atoms with Gasteiger partial charge in [-0.3, -0.25) is 4.99 Å². The van der Waals surface area contributed by atoms with Gasteiger partial charge in [0.15, 0.2) is 0 Å². The highest BCUT2D eigenvalue weighted by molar-refractivity contribution is 5.83. The lowest BCUT2D eigenvalue weighted by Gasteiger charge is -1.89. The average molecular weight is 149 g/mol. The van der Waals surface area contributed by atoms with E-state index in [0.717, 1.165) is 12.0 Å². The van der Waals surface area contributed by atoms with Gasteiger partial charge in [-0.2, -0.15) is 0 Å². The third kappa shape index (κ3) is 2.42. The van der Waals surface area contributed by atoms with Gasteiger partial charge in [-0.1, -0.05) is 12.2 Å². The van der Waals surface area contributed by atoms with Crippen LogP contribution in [0.5, 0.6) is 0 Å². The van der Waals surface area contributed by atoms with Gasteiger partial charge in [0, 0.05) is 13.3 Å². The Kier molecular flexibility index (Phi) is 2.66. The molecule has 0 aromatic carbocycles. The molecule has 0 unspecified atom stereocenters. The molecule has 0 spiro atoms. The minimum Gasteiger partial charge on any atom is -0.508 e. The van der Waals surface area contributed by atoms with Crippen LogP contribution in [0.4, 0.5) is 0 Å². The van der Waals surface area contributed by atoms with Crippen LogP contribution in [0.3, 0.4) is 0 Å². The SMILES string of the molecule is CN=CC1=CC(O)=CCC=C1. The number of nitrogens with zero attached hydrogens (tertiary/aromatic N) is 1. The standard InChI is InChI=1S/C9H11NO/c1-10-7-8-4-2-3-5-9(11)6-8/h2,4-7,11H,3H2,1H3. The highest BCUT2D eigenvalue weighted by Crippen LogP contribution is 2.06. The number of hydrogen-bond acceptors (Lipinski definition) is 2. The van der Waals surface area contributed by atoms with E-state index in [1.54, 1.807) is 25.4 Å². The lowest BCUT2D eigenvalue weighted by atomic mass is 10.2. The first kappa shape index (κ1) is 7.79. The number of aliphatic imine (C=N–C) groups is 1. The number of allylic oxidation sites excluding steroid dienone is 5. The summed E-state index contributed by atoms with van der Waals surface area (Å²) in [5.41, 5.74) is 0.929. The topological polar surface area (TPSA) is 32.6 Å². The second-order valence-corrected chi connectivity index (χ2v) is 2.30. The van der Waals surface area contributed by atoms with E-state index in [1.807, 2.05) is 12.2 Å². The molecule has 0 bridgehead atoms. The molecule has 2 heteroatoms. The van der Waals surface area contributed by atoms with Crippen molar-refractivity contribution in [3.8, 4) is 0 Å². The monoisotopic (exact) mass is 149 g/mol. The van der Waals surface area contributed by atoms with E-state index in [2.05, 4.69) is 4.99 Å². The van der Waals surface area contributed by atoms with Crippen LogP contribution in [-0.2, 0) is 0 Å². The van der Waals surface area contributed by atoms with Gasteiger partial charge in [-0.25, -0.2) is 0 Å². The molecule has 11 heavy (non-hydrogen) atoms. The molecule has 0 saturated carbocycles. The van der Waals surface area contributed by atoms with Crippen LogP contribution in [0, 0.1) is 0 Å². The average Bonchev–Trinajstić information content (AvgIpc) is 2.15. The molecule has 0 radical (unpaired) electrons. The first-order valence-electron chi connectivity index (χ1n) is 3.52. The maximum atomic E-state index is 9.17. The summed E-state index contributed by atoms with van der Waals surface area (Å²) in [5, 5.41) is 9.17. The normalized spacial score (nSPS) is 17.9. The predicted molar refractivity (Wildman–Crippen MR) is 47.0 cm³/mol. The van der Waals surface area contributed by atoms with Crippen LogP contribution >= 0.6 is 0 Å². The Hall–Kier alpha value is -1.31. The quantitative estimate of drug-likeness (QED) is 0.568.